The molecule has 8 heteroatoms. The zero-order chi connectivity index (χ0) is 18.8. The predicted octanol–water partition coefficient (Wildman–Crippen LogP) is 4.84. The Morgan fingerprint density at radius 2 is 1.52 bits per heavy atom. The van der Waals surface area contributed by atoms with Crippen LogP contribution in [0, 0.1) is 12.7 Å². The van der Waals surface area contributed by atoms with Gasteiger partial charge in [0.25, 0.3) is 0 Å². The first-order valence-electron chi connectivity index (χ1n) is 8.31. The SMILES string of the molecule is Cc1nc(Nc2ccc(F)c(Cl)c2)cc(Nc2ccc3c(c2)OCCO3)n1. The number of fused-ring (bicyclic) bond motifs is 1. The van der Waals surface area contributed by atoms with Crippen LogP contribution in [0.3, 0.4) is 0 Å². The van der Waals surface area contributed by atoms with Crippen LogP contribution >= 0.6 is 11.6 Å². The molecule has 1 aliphatic rings. The van der Waals surface area contributed by atoms with Crippen LogP contribution in [-0.4, -0.2) is 23.2 Å². The predicted molar refractivity (Wildman–Crippen MR) is 102 cm³/mol. The van der Waals surface area contributed by atoms with E-state index < -0.39 is 5.82 Å². The molecule has 0 amide bonds. The molecule has 138 valence electrons. The van der Waals surface area contributed by atoms with Crippen LogP contribution in [-0.2, 0) is 0 Å². The van der Waals surface area contributed by atoms with E-state index in [1.165, 1.54) is 12.1 Å². The molecule has 0 bridgehead atoms. The van der Waals surface area contributed by atoms with Crippen LogP contribution in [0.2, 0.25) is 5.02 Å². The van der Waals surface area contributed by atoms with Crippen LogP contribution in [0.5, 0.6) is 11.5 Å². The van der Waals surface area contributed by atoms with E-state index in [0.29, 0.717) is 42.1 Å². The topological polar surface area (TPSA) is 68.3 Å². The maximum Gasteiger partial charge on any atom is 0.163 e. The highest BCUT2D eigenvalue weighted by atomic mass is 35.5. The summed E-state index contributed by atoms with van der Waals surface area (Å²) in [7, 11) is 0. The molecule has 0 fully saturated rings. The third kappa shape index (κ3) is 4.03. The average Bonchev–Trinajstić information content (AvgIpc) is 2.64. The van der Waals surface area contributed by atoms with Crippen molar-refractivity contribution in [3.63, 3.8) is 0 Å². The number of aromatic nitrogens is 2. The molecule has 4 rings (SSSR count). The first-order chi connectivity index (χ1) is 13.1. The lowest BCUT2D eigenvalue weighted by molar-refractivity contribution is 0.171. The van der Waals surface area contributed by atoms with Gasteiger partial charge < -0.3 is 20.1 Å². The molecule has 1 aliphatic heterocycles. The number of aryl methyl sites for hydroxylation is 1. The summed E-state index contributed by atoms with van der Waals surface area (Å²) in [4.78, 5) is 8.74. The highest BCUT2D eigenvalue weighted by Crippen LogP contribution is 2.33. The maximum atomic E-state index is 13.3. The van der Waals surface area contributed by atoms with Gasteiger partial charge in [-0.3, -0.25) is 0 Å². The Morgan fingerprint density at radius 1 is 0.889 bits per heavy atom. The van der Waals surface area contributed by atoms with Crippen LogP contribution in [0.15, 0.2) is 42.5 Å². The summed E-state index contributed by atoms with van der Waals surface area (Å²) in [5, 5.41) is 6.37. The van der Waals surface area contributed by atoms with Gasteiger partial charge in [-0.05, 0) is 37.3 Å². The van der Waals surface area contributed by atoms with Gasteiger partial charge >= 0.3 is 0 Å². The first kappa shape index (κ1) is 17.4. The van der Waals surface area contributed by atoms with Crippen molar-refractivity contribution in [2.75, 3.05) is 23.8 Å². The lowest BCUT2D eigenvalue weighted by Gasteiger charge is -2.19. The normalized spacial score (nSPS) is 12.6. The molecule has 0 atom stereocenters. The summed E-state index contributed by atoms with van der Waals surface area (Å²) in [5.41, 5.74) is 1.44. The van der Waals surface area contributed by atoms with Crippen molar-refractivity contribution in [3.8, 4) is 11.5 Å². The molecular weight excluding hydrogens is 371 g/mol. The molecule has 2 N–H and O–H groups in total. The monoisotopic (exact) mass is 386 g/mol. The quantitative estimate of drug-likeness (QED) is 0.669. The van der Waals surface area contributed by atoms with E-state index >= 15 is 0 Å². The molecular formula is C19H16ClFN4O2. The summed E-state index contributed by atoms with van der Waals surface area (Å²) in [6.45, 7) is 2.86. The third-order valence-electron chi connectivity index (χ3n) is 3.84. The Kier molecular flexibility index (Phi) is 4.68. The minimum absolute atomic E-state index is 0.0420. The molecule has 0 aliphatic carbocycles. The second kappa shape index (κ2) is 7.28. The fourth-order valence-electron chi connectivity index (χ4n) is 2.69. The molecule has 2 aromatic carbocycles. The van der Waals surface area contributed by atoms with Gasteiger partial charge in [-0.2, -0.15) is 0 Å². The molecule has 0 saturated carbocycles. The van der Waals surface area contributed by atoms with Gasteiger partial charge in [-0.15, -0.1) is 0 Å². The van der Waals surface area contributed by atoms with Crippen LogP contribution in [0.4, 0.5) is 27.4 Å². The average molecular weight is 387 g/mol. The van der Waals surface area contributed by atoms with Gasteiger partial charge in [0.1, 0.15) is 36.5 Å². The van der Waals surface area contributed by atoms with Gasteiger partial charge in [0, 0.05) is 23.5 Å². The highest BCUT2D eigenvalue weighted by Gasteiger charge is 2.12. The Hall–Kier alpha value is -3.06. The number of nitrogens with zero attached hydrogens (tertiary/aromatic N) is 2. The van der Waals surface area contributed by atoms with E-state index in [4.69, 9.17) is 21.1 Å². The van der Waals surface area contributed by atoms with E-state index in [-0.39, 0.29) is 5.02 Å². The molecule has 3 aromatic rings. The number of nitrogens with one attached hydrogen (secondary N) is 2. The van der Waals surface area contributed by atoms with Gasteiger partial charge in [-0.1, -0.05) is 11.6 Å². The molecule has 0 radical (unpaired) electrons. The van der Waals surface area contributed by atoms with Crippen LogP contribution in [0.1, 0.15) is 5.82 Å². The lowest BCUT2D eigenvalue weighted by atomic mass is 10.2. The summed E-state index contributed by atoms with van der Waals surface area (Å²) >= 11 is 5.83. The van der Waals surface area contributed by atoms with Gasteiger partial charge in [-0.25, -0.2) is 14.4 Å². The van der Waals surface area contributed by atoms with Crippen molar-refractivity contribution in [2.45, 2.75) is 6.92 Å². The smallest absolute Gasteiger partial charge is 0.163 e. The molecule has 0 saturated heterocycles. The second-order valence-electron chi connectivity index (χ2n) is 5.92. The zero-order valence-electron chi connectivity index (χ0n) is 14.4. The first-order valence-corrected chi connectivity index (χ1v) is 8.69. The number of anilines is 4. The molecule has 27 heavy (non-hydrogen) atoms. The fourth-order valence-corrected chi connectivity index (χ4v) is 2.87. The van der Waals surface area contributed by atoms with Crippen LogP contribution < -0.4 is 20.1 Å². The summed E-state index contributed by atoms with van der Waals surface area (Å²) < 4.78 is 24.4. The van der Waals surface area contributed by atoms with Crippen molar-refractivity contribution >= 4 is 34.6 Å². The maximum absolute atomic E-state index is 13.3. The number of benzene rings is 2. The molecule has 0 unspecified atom stereocenters. The van der Waals surface area contributed by atoms with Gasteiger partial charge in [0.15, 0.2) is 11.5 Å². The lowest BCUT2D eigenvalue weighted by Crippen LogP contribution is -2.15. The second-order valence-corrected chi connectivity index (χ2v) is 6.33. The highest BCUT2D eigenvalue weighted by molar-refractivity contribution is 6.31. The standard InChI is InChI=1S/C19H16ClFN4O2/c1-11-22-18(24-12-2-4-15(21)14(20)8-12)10-19(23-11)25-13-3-5-16-17(9-13)27-7-6-26-16/h2-5,8-10H,6-7H2,1H3,(H2,22,23,24,25). The Morgan fingerprint density at radius 3 is 2.22 bits per heavy atom. The van der Waals surface area contributed by atoms with Crippen molar-refractivity contribution < 1.29 is 13.9 Å². The van der Waals surface area contributed by atoms with Crippen molar-refractivity contribution in [1.82, 2.24) is 9.97 Å². The summed E-state index contributed by atoms with van der Waals surface area (Å²) in [6.07, 6.45) is 0. The van der Waals surface area contributed by atoms with E-state index in [1.54, 1.807) is 19.1 Å². The Bertz CT molecular complexity index is 999. The van der Waals surface area contributed by atoms with Crippen molar-refractivity contribution in [3.05, 3.63) is 59.1 Å². The molecule has 6 nitrogen and oxygen atoms in total. The number of halogens is 2. The minimum atomic E-state index is -0.470. The van der Waals surface area contributed by atoms with E-state index in [0.717, 1.165) is 11.4 Å². The van der Waals surface area contributed by atoms with Gasteiger partial charge in [0.2, 0.25) is 0 Å². The van der Waals surface area contributed by atoms with Gasteiger partial charge in [0.05, 0.1) is 5.02 Å². The Balaban J connectivity index is 1.56. The third-order valence-corrected chi connectivity index (χ3v) is 4.13. The fraction of sp³-hybridized carbons (Fsp3) is 0.158. The molecule has 2 heterocycles. The van der Waals surface area contributed by atoms with Crippen LogP contribution in [0.25, 0.3) is 0 Å². The molecule has 0 spiro atoms. The summed E-state index contributed by atoms with van der Waals surface area (Å²) in [5.74, 6) is 2.69. The van der Waals surface area contributed by atoms with E-state index in [9.17, 15) is 4.39 Å². The van der Waals surface area contributed by atoms with E-state index in [2.05, 4.69) is 20.6 Å². The number of hydrogen-bond acceptors (Lipinski definition) is 6. The molecule has 1 aromatic heterocycles. The largest absolute Gasteiger partial charge is 0.486 e. The van der Waals surface area contributed by atoms with Crippen molar-refractivity contribution in [2.24, 2.45) is 0 Å². The zero-order valence-corrected chi connectivity index (χ0v) is 15.2. The number of hydrogen-bond donors (Lipinski definition) is 2. The number of rotatable bonds is 4. The van der Waals surface area contributed by atoms with E-state index in [1.807, 2.05) is 18.2 Å². The van der Waals surface area contributed by atoms with Crippen molar-refractivity contribution in [1.29, 1.82) is 0 Å². The Labute approximate surface area is 160 Å². The number of ether oxygens (including phenoxy) is 2. The minimum Gasteiger partial charge on any atom is -0.486 e. The summed E-state index contributed by atoms with van der Waals surface area (Å²) in [6, 6.07) is 11.7.